The summed E-state index contributed by atoms with van der Waals surface area (Å²) in [5.41, 5.74) is 5.43. The summed E-state index contributed by atoms with van der Waals surface area (Å²) in [6.45, 7) is 3.99. The minimum atomic E-state index is -3.77. The molecule has 0 fully saturated rings. The molecule has 0 radical (unpaired) electrons. The van der Waals surface area contributed by atoms with Crippen LogP contribution in [0.15, 0.2) is 58.5 Å². The van der Waals surface area contributed by atoms with Crippen LogP contribution in [-0.2, 0) is 17.1 Å². The van der Waals surface area contributed by atoms with Gasteiger partial charge in [-0.15, -0.1) is 0 Å². The molecule has 1 aliphatic heterocycles. The van der Waals surface area contributed by atoms with Gasteiger partial charge in [0, 0.05) is 30.3 Å². The van der Waals surface area contributed by atoms with Gasteiger partial charge in [0.25, 0.3) is 0 Å². The van der Waals surface area contributed by atoms with Crippen molar-refractivity contribution in [2.45, 2.75) is 31.2 Å². The lowest BCUT2D eigenvalue weighted by Gasteiger charge is -2.24. The Bertz CT molecular complexity index is 1250. The summed E-state index contributed by atoms with van der Waals surface area (Å²) in [5, 5.41) is 26.4. The number of rotatable bonds is 4. The number of aromatic nitrogens is 2. The van der Waals surface area contributed by atoms with Gasteiger partial charge in [-0.2, -0.15) is 10.2 Å². The Balaban J connectivity index is 1.81. The SMILES string of the molecule is Cc1nn(C)c(C)c1[C@H]1CC(c2cccc(O)c2)=NN1c1ccc(S(N)(=O)=O)cc1. The Morgan fingerprint density at radius 2 is 1.83 bits per heavy atom. The van der Waals surface area contributed by atoms with E-state index in [2.05, 4.69) is 5.10 Å². The molecule has 3 N–H and O–H groups in total. The number of nitrogens with zero attached hydrogens (tertiary/aromatic N) is 4. The van der Waals surface area contributed by atoms with Crippen molar-refractivity contribution in [1.29, 1.82) is 0 Å². The largest absolute Gasteiger partial charge is 0.508 e. The Kier molecular flexibility index (Phi) is 4.87. The van der Waals surface area contributed by atoms with E-state index in [1.165, 1.54) is 12.1 Å². The van der Waals surface area contributed by atoms with Gasteiger partial charge in [0.15, 0.2) is 0 Å². The first-order valence-corrected chi connectivity index (χ1v) is 11.0. The van der Waals surface area contributed by atoms with Gasteiger partial charge < -0.3 is 5.11 Å². The molecule has 2 aromatic carbocycles. The van der Waals surface area contributed by atoms with E-state index in [1.54, 1.807) is 30.3 Å². The molecule has 4 rings (SSSR count). The molecule has 156 valence electrons. The standard InChI is InChI=1S/C21H23N5O3S/c1-13-21(14(2)25(3)23-13)20-12-19(15-5-4-6-17(27)11-15)24-26(20)16-7-9-18(10-8-16)30(22,28)29/h4-11,20,27H,12H2,1-3H3,(H2,22,28,29)/t20-/m1/s1. The van der Waals surface area contributed by atoms with Crippen LogP contribution in [0.25, 0.3) is 0 Å². The molecular formula is C21H23N5O3S. The van der Waals surface area contributed by atoms with E-state index in [4.69, 9.17) is 10.2 Å². The molecule has 1 atom stereocenters. The quantitative estimate of drug-likeness (QED) is 0.667. The van der Waals surface area contributed by atoms with Gasteiger partial charge in [-0.3, -0.25) is 9.69 Å². The van der Waals surface area contributed by atoms with Gasteiger partial charge in [-0.1, -0.05) is 12.1 Å². The highest BCUT2D eigenvalue weighted by molar-refractivity contribution is 7.89. The minimum absolute atomic E-state index is 0.0490. The average molecular weight is 426 g/mol. The summed E-state index contributed by atoms with van der Waals surface area (Å²) in [7, 11) is -1.87. The highest BCUT2D eigenvalue weighted by atomic mass is 32.2. The third-order valence-corrected chi connectivity index (χ3v) is 6.35. The molecule has 0 unspecified atom stereocenters. The molecule has 1 aromatic heterocycles. The fraction of sp³-hybridized carbons (Fsp3) is 0.238. The van der Waals surface area contributed by atoms with E-state index >= 15 is 0 Å². The summed E-state index contributed by atoms with van der Waals surface area (Å²) >= 11 is 0. The van der Waals surface area contributed by atoms with Crippen molar-refractivity contribution in [2.75, 3.05) is 5.01 Å². The van der Waals surface area contributed by atoms with Crippen molar-refractivity contribution in [1.82, 2.24) is 9.78 Å². The van der Waals surface area contributed by atoms with Gasteiger partial charge in [-0.05, 0) is 50.2 Å². The maximum Gasteiger partial charge on any atom is 0.238 e. The number of hydrogen-bond donors (Lipinski definition) is 2. The lowest BCUT2D eigenvalue weighted by atomic mass is 9.96. The molecule has 0 spiro atoms. The second kappa shape index (κ2) is 7.26. The number of primary sulfonamides is 1. The molecule has 1 aliphatic rings. The van der Waals surface area contributed by atoms with Gasteiger partial charge in [0.2, 0.25) is 10.0 Å². The van der Waals surface area contributed by atoms with Gasteiger partial charge >= 0.3 is 0 Å². The van der Waals surface area contributed by atoms with Crippen LogP contribution in [0.5, 0.6) is 5.75 Å². The molecule has 8 nitrogen and oxygen atoms in total. The number of aromatic hydroxyl groups is 1. The van der Waals surface area contributed by atoms with Gasteiger partial charge in [0.1, 0.15) is 5.75 Å². The van der Waals surface area contributed by atoms with E-state index in [0.717, 1.165) is 33.9 Å². The third-order valence-electron chi connectivity index (χ3n) is 5.42. The highest BCUT2D eigenvalue weighted by Crippen LogP contribution is 2.39. The van der Waals surface area contributed by atoms with Crippen LogP contribution >= 0.6 is 0 Å². The number of benzene rings is 2. The normalized spacial score (nSPS) is 16.7. The van der Waals surface area contributed by atoms with Crippen LogP contribution in [0.1, 0.15) is 35.0 Å². The zero-order valence-corrected chi connectivity index (χ0v) is 17.8. The molecule has 9 heteroatoms. The van der Waals surface area contributed by atoms with E-state index in [1.807, 2.05) is 36.7 Å². The molecule has 0 amide bonds. The summed E-state index contributed by atoms with van der Waals surface area (Å²) in [5.74, 6) is 0.177. The predicted molar refractivity (Wildman–Crippen MR) is 115 cm³/mol. The number of hydrazone groups is 1. The van der Waals surface area contributed by atoms with Crippen LogP contribution in [0.4, 0.5) is 5.69 Å². The first-order valence-electron chi connectivity index (χ1n) is 9.44. The smallest absolute Gasteiger partial charge is 0.238 e. The van der Waals surface area contributed by atoms with Gasteiger partial charge in [-0.25, -0.2) is 13.6 Å². The van der Waals surface area contributed by atoms with Crippen molar-refractivity contribution >= 4 is 21.4 Å². The Labute approximate surface area is 175 Å². The summed E-state index contributed by atoms with van der Waals surface area (Å²) in [6, 6.07) is 13.2. The first kappa shape index (κ1) is 20.1. The number of sulfonamides is 1. The van der Waals surface area contributed by atoms with Crippen molar-refractivity contribution in [3.63, 3.8) is 0 Å². The van der Waals surface area contributed by atoms with E-state index in [-0.39, 0.29) is 16.7 Å². The molecule has 0 saturated carbocycles. The number of aryl methyl sites for hydroxylation is 2. The fourth-order valence-electron chi connectivity index (χ4n) is 3.89. The number of phenols is 1. The van der Waals surface area contributed by atoms with Crippen LogP contribution < -0.4 is 10.1 Å². The average Bonchev–Trinajstić information content (AvgIpc) is 3.22. The lowest BCUT2D eigenvalue weighted by Crippen LogP contribution is -2.20. The van der Waals surface area contributed by atoms with Crippen LogP contribution in [0.3, 0.4) is 0 Å². The second-order valence-electron chi connectivity index (χ2n) is 7.41. The van der Waals surface area contributed by atoms with Crippen LogP contribution in [0.2, 0.25) is 0 Å². The molecular weight excluding hydrogens is 402 g/mol. The zero-order valence-electron chi connectivity index (χ0n) is 16.9. The maximum absolute atomic E-state index is 11.6. The van der Waals surface area contributed by atoms with Crippen LogP contribution in [0, 0.1) is 13.8 Å². The second-order valence-corrected chi connectivity index (χ2v) is 8.97. The molecule has 3 aromatic rings. The topological polar surface area (TPSA) is 114 Å². The molecule has 2 heterocycles. The number of anilines is 1. The lowest BCUT2D eigenvalue weighted by molar-refractivity contribution is 0.475. The molecule has 0 saturated heterocycles. The van der Waals surface area contributed by atoms with Crippen molar-refractivity contribution in [3.05, 3.63) is 71.0 Å². The van der Waals surface area contributed by atoms with Crippen LogP contribution in [-0.4, -0.2) is 29.0 Å². The Morgan fingerprint density at radius 1 is 1.13 bits per heavy atom. The predicted octanol–water partition coefficient (Wildman–Crippen LogP) is 2.75. The maximum atomic E-state index is 11.6. The summed E-state index contributed by atoms with van der Waals surface area (Å²) < 4.78 is 25.1. The van der Waals surface area contributed by atoms with E-state index in [0.29, 0.717) is 6.42 Å². The minimum Gasteiger partial charge on any atom is -0.508 e. The summed E-state index contributed by atoms with van der Waals surface area (Å²) in [6.07, 6.45) is 0.619. The highest BCUT2D eigenvalue weighted by Gasteiger charge is 2.33. The Hall–Kier alpha value is -3.17. The Morgan fingerprint density at radius 3 is 2.40 bits per heavy atom. The third kappa shape index (κ3) is 3.57. The molecule has 0 bridgehead atoms. The first-order chi connectivity index (χ1) is 14.1. The molecule has 0 aliphatic carbocycles. The van der Waals surface area contributed by atoms with Crippen molar-refractivity contribution < 1.29 is 13.5 Å². The monoisotopic (exact) mass is 425 g/mol. The van der Waals surface area contributed by atoms with Gasteiger partial charge in [0.05, 0.1) is 28.0 Å². The summed E-state index contributed by atoms with van der Waals surface area (Å²) in [4.78, 5) is 0.0490. The number of hydrogen-bond acceptors (Lipinski definition) is 6. The van der Waals surface area contributed by atoms with E-state index in [9.17, 15) is 13.5 Å². The van der Waals surface area contributed by atoms with Crippen molar-refractivity contribution in [2.24, 2.45) is 17.3 Å². The van der Waals surface area contributed by atoms with Crippen molar-refractivity contribution in [3.8, 4) is 5.75 Å². The fourth-order valence-corrected chi connectivity index (χ4v) is 4.41. The van der Waals surface area contributed by atoms with E-state index < -0.39 is 10.0 Å². The molecule has 30 heavy (non-hydrogen) atoms. The zero-order chi connectivity index (χ0) is 21.6. The number of nitrogens with two attached hydrogens (primary N) is 1. The number of phenolic OH excluding ortho intramolecular Hbond substituents is 1.